The molecule has 0 saturated carbocycles. The van der Waals surface area contributed by atoms with Gasteiger partial charge in [-0.1, -0.05) is 17.7 Å². The number of furan rings is 1. The van der Waals surface area contributed by atoms with E-state index in [-0.39, 0.29) is 0 Å². The van der Waals surface area contributed by atoms with Gasteiger partial charge >= 0.3 is 0 Å². The Kier molecular flexibility index (Phi) is 5.24. The average Bonchev–Trinajstić information content (AvgIpc) is 2.89. The zero-order valence-electron chi connectivity index (χ0n) is 12.5. The predicted molar refractivity (Wildman–Crippen MR) is 81.2 cm³/mol. The van der Waals surface area contributed by atoms with Crippen molar-refractivity contribution in [3.05, 3.63) is 53.0 Å². The summed E-state index contributed by atoms with van der Waals surface area (Å²) >= 11 is 0. The molecule has 0 aliphatic rings. The maximum Gasteiger partial charge on any atom is 0.125 e. The maximum atomic E-state index is 5.90. The number of ether oxygens (including phenoxy) is 1. The SMILES string of the molecule is Cc1cc(C)c(OCCCNCc2ccco2)c(C)c1. The van der Waals surface area contributed by atoms with Gasteiger partial charge in [-0.05, 0) is 57.0 Å². The first-order valence-corrected chi connectivity index (χ1v) is 7.10. The molecule has 2 rings (SSSR count). The van der Waals surface area contributed by atoms with E-state index in [1.54, 1.807) is 6.26 Å². The largest absolute Gasteiger partial charge is 0.493 e. The minimum Gasteiger partial charge on any atom is -0.493 e. The van der Waals surface area contributed by atoms with Crippen LogP contribution in [0.25, 0.3) is 0 Å². The smallest absolute Gasteiger partial charge is 0.125 e. The molecule has 0 amide bonds. The van der Waals surface area contributed by atoms with Crippen LogP contribution in [-0.4, -0.2) is 13.2 Å². The van der Waals surface area contributed by atoms with Gasteiger partial charge in [0.05, 0.1) is 19.4 Å². The van der Waals surface area contributed by atoms with Gasteiger partial charge in [0.1, 0.15) is 11.5 Å². The van der Waals surface area contributed by atoms with Crippen LogP contribution >= 0.6 is 0 Å². The molecule has 1 aromatic heterocycles. The van der Waals surface area contributed by atoms with Crippen molar-refractivity contribution < 1.29 is 9.15 Å². The van der Waals surface area contributed by atoms with Crippen LogP contribution in [0.5, 0.6) is 5.75 Å². The van der Waals surface area contributed by atoms with Crippen molar-refractivity contribution in [1.82, 2.24) is 5.32 Å². The standard InChI is InChI=1S/C17H23NO2/c1-13-10-14(2)17(15(3)11-13)20-9-5-7-18-12-16-6-4-8-19-16/h4,6,8,10-11,18H,5,7,9,12H2,1-3H3. The molecule has 1 heterocycles. The summed E-state index contributed by atoms with van der Waals surface area (Å²) in [6.07, 6.45) is 2.68. The number of nitrogens with one attached hydrogen (secondary N) is 1. The van der Waals surface area contributed by atoms with E-state index in [0.717, 1.165) is 37.6 Å². The van der Waals surface area contributed by atoms with Gasteiger partial charge in [0, 0.05) is 0 Å². The summed E-state index contributed by atoms with van der Waals surface area (Å²) in [6.45, 7) is 8.74. The topological polar surface area (TPSA) is 34.4 Å². The van der Waals surface area contributed by atoms with E-state index in [1.165, 1.54) is 16.7 Å². The molecule has 0 atom stereocenters. The summed E-state index contributed by atoms with van der Waals surface area (Å²) in [6, 6.07) is 8.21. The highest BCUT2D eigenvalue weighted by molar-refractivity contribution is 5.42. The molecule has 2 aromatic rings. The predicted octanol–water partition coefficient (Wildman–Crippen LogP) is 3.76. The summed E-state index contributed by atoms with van der Waals surface area (Å²) in [5.41, 5.74) is 3.71. The Bertz CT molecular complexity index is 509. The first-order valence-electron chi connectivity index (χ1n) is 7.10. The Morgan fingerprint density at radius 3 is 2.55 bits per heavy atom. The van der Waals surface area contributed by atoms with Gasteiger partial charge in [-0.3, -0.25) is 0 Å². The Balaban J connectivity index is 1.68. The third kappa shape index (κ3) is 4.14. The number of hydrogen-bond acceptors (Lipinski definition) is 3. The second-order valence-electron chi connectivity index (χ2n) is 5.19. The van der Waals surface area contributed by atoms with Crippen LogP contribution in [0.2, 0.25) is 0 Å². The van der Waals surface area contributed by atoms with Crippen molar-refractivity contribution in [2.24, 2.45) is 0 Å². The molecule has 0 spiro atoms. The highest BCUT2D eigenvalue weighted by Crippen LogP contribution is 2.24. The molecule has 108 valence electrons. The van der Waals surface area contributed by atoms with Gasteiger partial charge in [-0.2, -0.15) is 0 Å². The molecule has 0 aliphatic heterocycles. The molecule has 0 aliphatic carbocycles. The summed E-state index contributed by atoms with van der Waals surface area (Å²) in [5.74, 6) is 2.00. The van der Waals surface area contributed by atoms with E-state index in [2.05, 4.69) is 38.2 Å². The molecule has 1 N–H and O–H groups in total. The monoisotopic (exact) mass is 273 g/mol. The lowest BCUT2D eigenvalue weighted by Gasteiger charge is -2.13. The number of benzene rings is 1. The molecule has 0 fully saturated rings. The zero-order valence-corrected chi connectivity index (χ0v) is 12.5. The minimum absolute atomic E-state index is 0.732. The van der Waals surface area contributed by atoms with Crippen molar-refractivity contribution >= 4 is 0 Å². The van der Waals surface area contributed by atoms with E-state index >= 15 is 0 Å². The number of rotatable bonds is 7. The van der Waals surface area contributed by atoms with Crippen LogP contribution in [0, 0.1) is 20.8 Å². The zero-order chi connectivity index (χ0) is 14.4. The van der Waals surface area contributed by atoms with Crippen LogP contribution in [-0.2, 0) is 6.54 Å². The van der Waals surface area contributed by atoms with Gasteiger partial charge in [0.2, 0.25) is 0 Å². The van der Waals surface area contributed by atoms with Crippen molar-refractivity contribution in [1.29, 1.82) is 0 Å². The molecule has 1 aromatic carbocycles. The van der Waals surface area contributed by atoms with Crippen molar-refractivity contribution in [2.45, 2.75) is 33.7 Å². The van der Waals surface area contributed by atoms with Crippen molar-refractivity contribution in [2.75, 3.05) is 13.2 Å². The molecule has 3 heteroatoms. The van der Waals surface area contributed by atoms with Gasteiger partial charge < -0.3 is 14.5 Å². The van der Waals surface area contributed by atoms with E-state index in [0.29, 0.717) is 0 Å². The molecule has 20 heavy (non-hydrogen) atoms. The van der Waals surface area contributed by atoms with E-state index in [1.807, 2.05) is 12.1 Å². The maximum absolute atomic E-state index is 5.90. The number of hydrogen-bond donors (Lipinski definition) is 1. The van der Waals surface area contributed by atoms with Gasteiger partial charge in [-0.25, -0.2) is 0 Å². The molecule has 0 radical (unpaired) electrons. The minimum atomic E-state index is 0.732. The summed E-state index contributed by atoms with van der Waals surface area (Å²) in [5, 5.41) is 3.34. The van der Waals surface area contributed by atoms with Gasteiger partial charge in [0.25, 0.3) is 0 Å². The van der Waals surface area contributed by atoms with Crippen LogP contribution in [0.1, 0.15) is 28.9 Å². The fourth-order valence-electron chi connectivity index (χ4n) is 2.39. The highest BCUT2D eigenvalue weighted by atomic mass is 16.5. The van der Waals surface area contributed by atoms with Crippen molar-refractivity contribution in [3.63, 3.8) is 0 Å². The Morgan fingerprint density at radius 2 is 1.90 bits per heavy atom. The quantitative estimate of drug-likeness (QED) is 0.780. The van der Waals surface area contributed by atoms with Crippen LogP contribution in [0.4, 0.5) is 0 Å². The molecule has 3 nitrogen and oxygen atoms in total. The molecular formula is C17H23NO2. The lowest BCUT2D eigenvalue weighted by molar-refractivity contribution is 0.303. The average molecular weight is 273 g/mol. The normalized spacial score (nSPS) is 10.8. The second kappa shape index (κ2) is 7.15. The number of aryl methyl sites for hydroxylation is 3. The molecule has 0 saturated heterocycles. The van der Waals surface area contributed by atoms with Gasteiger partial charge in [0.15, 0.2) is 0 Å². The Hall–Kier alpha value is -1.74. The van der Waals surface area contributed by atoms with Crippen LogP contribution in [0.15, 0.2) is 34.9 Å². The first kappa shape index (κ1) is 14.7. The summed E-state index contributed by atoms with van der Waals surface area (Å²) in [4.78, 5) is 0. The lowest BCUT2D eigenvalue weighted by Crippen LogP contribution is -2.16. The second-order valence-corrected chi connectivity index (χ2v) is 5.19. The Morgan fingerprint density at radius 1 is 1.15 bits per heavy atom. The summed E-state index contributed by atoms with van der Waals surface area (Å²) in [7, 11) is 0. The summed E-state index contributed by atoms with van der Waals surface area (Å²) < 4.78 is 11.2. The fourth-order valence-corrected chi connectivity index (χ4v) is 2.39. The molecule has 0 bridgehead atoms. The highest BCUT2D eigenvalue weighted by Gasteiger charge is 2.04. The molecule has 0 unspecified atom stereocenters. The van der Waals surface area contributed by atoms with Gasteiger partial charge in [-0.15, -0.1) is 0 Å². The van der Waals surface area contributed by atoms with Crippen molar-refractivity contribution in [3.8, 4) is 5.75 Å². The van der Waals surface area contributed by atoms with Crippen LogP contribution in [0.3, 0.4) is 0 Å². The Labute approximate surface area is 121 Å². The van der Waals surface area contributed by atoms with E-state index in [9.17, 15) is 0 Å². The first-order chi connectivity index (χ1) is 9.66. The molecular weight excluding hydrogens is 250 g/mol. The fraction of sp³-hybridized carbons (Fsp3) is 0.412. The third-order valence-corrected chi connectivity index (χ3v) is 3.23. The van der Waals surface area contributed by atoms with E-state index in [4.69, 9.17) is 9.15 Å². The lowest BCUT2D eigenvalue weighted by atomic mass is 10.1. The van der Waals surface area contributed by atoms with E-state index < -0.39 is 0 Å². The van der Waals surface area contributed by atoms with Crippen LogP contribution < -0.4 is 10.1 Å². The third-order valence-electron chi connectivity index (χ3n) is 3.23.